The van der Waals surface area contributed by atoms with Crippen molar-refractivity contribution in [2.75, 3.05) is 5.75 Å². The van der Waals surface area contributed by atoms with Gasteiger partial charge < -0.3 is 5.11 Å². The monoisotopic (exact) mass is 322 g/mol. The van der Waals surface area contributed by atoms with Crippen LogP contribution >= 0.6 is 11.8 Å². The molecule has 0 atom stereocenters. The molecule has 0 bridgehead atoms. The third-order valence-corrected chi connectivity index (χ3v) is 5.97. The maximum atomic E-state index is 12.1. The van der Waals surface area contributed by atoms with Gasteiger partial charge in [-0.05, 0) is 24.3 Å². The van der Waals surface area contributed by atoms with Crippen LogP contribution in [0.5, 0.6) is 0 Å². The summed E-state index contributed by atoms with van der Waals surface area (Å²) in [5.74, 6) is -1.03. The highest BCUT2D eigenvalue weighted by atomic mass is 32.2. The molecular formula is C15H14O4S2. The van der Waals surface area contributed by atoms with Crippen LogP contribution in [-0.4, -0.2) is 25.2 Å². The summed E-state index contributed by atoms with van der Waals surface area (Å²) >= 11 is 1.15. The lowest BCUT2D eigenvalue weighted by atomic mass is 10.2. The predicted molar refractivity (Wildman–Crippen MR) is 81.7 cm³/mol. The fraction of sp³-hybridized carbons (Fsp3) is 0.133. The topological polar surface area (TPSA) is 71.4 Å². The second kappa shape index (κ2) is 6.32. The number of hydrogen-bond donors (Lipinski definition) is 1. The summed E-state index contributed by atoms with van der Waals surface area (Å²) in [7, 11) is -3.35. The van der Waals surface area contributed by atoms with E-state index in [0.717, 1.165) is 11.8 Å². The molecule has 0 unspecified atom stereocenters. The molecule has 2 aromatic carbocycles. The minimum atomic E-state index is -3.35. The highest BCUT2D eigenvalue weighted by Gasteiger charge is 2.18. The molecule has 0 amide bonds. The molecule has 0 saturated carbocycles. The largest absolute Gasteiger partial charge is 0.478 e. The quantitative estimate of drug-likeness (QED) is 0.914. The smallest absolute Gasteiger partial charge is 0.336 e. The van der Waals surface area contributed by atoms with Crippen molar-refractivity contribution in [3.05, 3.63) is 54.1 Å². The molecule has 1 N–H and O–H groups in total. The normalized spacial score (nSPS) is 11.3. The molecular weight excluding hydrogens is 308 g/mol. The highest BCUT2D eigenvalue weighted by Crippen LogP contribution is 2.35. The van der Waals surface area contributed by atoms with Crippen molar-refractivity contribution >= 4 is 27.6 Å². The number of sulfone groups is 1. The van der Waals surface area contributed by atoms with E-state index in [-0.39, 0.29) is 16.2 Å². The van der Waals surface area contributed by atoms with Crippen LogP contribution in [0, 0.1) is 0 Å². The number of aromatic carboxylic acids is 1. The van der Waals surface area contributed by atoms with Crippen LogP contribution in [0.3, 0.4) is 0 Å². The molecule has 4 nitrogen and oxygen atoms in total. The first-order chi connectivity index (χ1) is 9.95. The first kappa shape index (κ1) is 15.6. The third-order valence-electron chi connectivity index (χ3n) is 2.90. The summed E-state index contributed by atoms with van der Waals surface area (Å²) in [5, 5.41) is 9.19. The van der Waals surface area contributed by atoms with E-state index >= 15 is 0 Å². The zero-order chi connectivity index (χ0) is 15.5. The van der Waals surface area contributed by atoms with Crippen LogP contribution in [0.2, 0.25) is 0 Å². The molecule has 0 aliphatic heterocycles. The summed E-state index contributed by atoms with van der Waals surface area (Å²) < 4.78 is 24.2. The Morgan fingerprint density at radius 1 is 1.05 bits per heavy atom. The van der Waals surface area contributed by atoms with Crippen LogP contribution < -0.4 is 0 Å². The van der Waals surface area contributed by atoms with Crippen LogP contribution in [-0.2, 0) is 9.84 Å². The van der Waals surface area contributed by atoms with Crippen molar-refractivity contribution in [2.45, 2.75) is 21.6 Å². The Kier molecular flexibility index (Phi) is 4.69. The van der Waals surface area contributed by atoms with E-state index < -0.39 is 15.8 Å². The van der Waals surface area contributed by atoms with Gasteiger partial charge in [-0.3, -0.25) is 0 Å². The molecule has 110 valence electrons. The number of carbonyl (C=O) groups is 1. The molecule has 0 aromatic heterocycles. The fourth-order valence-corrected chi connectivity index (χ4v) is 4.24. The minimum Gasteiger partial charge on any atom is -0.478 e. The fourth-order valence-electron chi connectivity index (χ4n) is 1.80. The van der Waals surface area contributed by atoms with Crippen molar-refractivity contribution < 1.29 is 18.3 Å². The molecule has 0 radical (unpaired) electrons. The first-order valence-electron chi connectivity index (χ1n) is 6.27. The van der Waals surface area contributed by atoms with E-state index in [9.17, 15) is 18.3 Å². The molecule has 2 aromatic rings. The van der Waals surface area contributed by atoms with E-state index in [2.05, 4.69) is 0 Å². The number of benzene rings is 2. The van der Waals surface area contributed by atoms with Crippen molar-refractivity contribution in [2.24, 2.45) is 0 Å². The number of carboxylic acid groups (broad SMARTS) is 1. The third kappa shape index (κ3) is 3.46. The Hall–Kier alpha value is -1.79. The van der Waals surface area contributed by atoms with E-state index in [1.807, 2.05) is 0 Å². The van der Waals surface area contributed by atoms with Crippen molar-refractivity contribution in [1.82, 2.24) is 0 Å². The standard InChI is InChI=1S/C15H14O4S2/c1-2-21(18,19)14-10-6-5-9-13(14)20-12-8-4-3-7-11(12)15(16)17/h3-10H,2H2,1H3,(H,16,17). The average Bonchev–Trinajstić information content (AvgIpc) is 2.48. The summed E-state index contributed by atoms with van der Waals surface area (Å²) in [4.78, 5) is 12.5. The van der Waals surface area contributed by atoms with Gasteiger partial charge in [0.2, 0.25) is 0 Å². The van der Waals surface area contributed by atoms with Crippen molar-refractivity contribution in [1.29, 1.82) is 0 Å². The zero-order valence-corrected chi connectivity index (χ0v) is 12.9. The minimum absolute atomic E-state index is 0.00511. The second-order valence-electron chi connectivity index (χ2n) is 4.25. The van der Waals surface area contributed by atoms with E-state index in [1.54, 1.807) is 49.4 Å². The van der Waals surface area contributed by atoms with Crippen LogP contribution in [0.25, 0.3) is 0 Å². The van der Waals surface area contributed by atoms with Gasteiger partial charge in [0.1, 0.15) is 0 Å². The number of carboxylic acids is 1. The van der Waals surface area contributed by atoms with Crippen molar-refractivity contribution in [3.8, 4) is 0 Å². The summed E-state index contributed by atoms with van der Waals surface area (Å²) in [6, 6.07) is 13.2. The highest BCUT2D eigenvalue weighted by molar-refractivity contribution is 8.00. The van der Waals surface area contributed by atoms with Gasteiger partial charge in [0.15, 0.2) is 9.84 Å². The summed E-state index contributed by atoms with van der Waals surface area (Å²) in [6.07, 6.45) is 0. The van der Waals surface area contributed by atoms with Crippen molar-refractivity contribution in [3.63, 3.8) is 0 Å². The Balaban J connectivity index is 2.49. The van der Waals surface area contributed by atoms with Gasteiger partial charge in [-0.25, -0.2) is 13.2 Å². The summed E-state index contributed by atoms with van der Waals surface area (Å²) in [5.41, 5.74) is 0.159. The number of hydrogen-bond acceptors (Lipinski definition) is 4. The maximum absolute atomic E-state index is 12.1. The van der Waals surface area contributed by atoms with Gasteiger partial charge in [0.05, 0.1) is 16.2 Å². The van der Waals surface area contributed by atoms with E-state index in [4.69, 9.17) is 0 Å². The maximum Gasteiger partial charge on any atom is 0.336 e. The molecule has 0 heterocycles. The first-order valence-corrected chi connectivity index (χ1v) is 8.74. The van der Waals surface area contributed by atoms with Crippen LogP contribution in [0.1, 0.15) is 17.3 Å². The van der Waals surface area contributed by atoms with Crippen LogP contribution in [0.4, 0.5) is 0 Å². The molecule has 0 aliphatic rings. The van der Waals surface area contributed by atoms with Gasteiger partial charge in [0, 0.05) is 9.79 Å². The Labute approximate surface area is 127 Å². The molecule has 6 heteroatoms. The number of rotatable bonds is 5. The lowest BCUT2D eigenvalue weighted by Crippen LogP contribution is -2.05. The van der Waals surface area contributed by atoms with E-state index in [0.29, 0.717) is 9.79 Å². The van der Waals surface area contributed by atoms with Gasteiger partial charge >= 0.3 is 5.97 Å². The molecule has 0 spiro atoms. The lowest BCUT2D eigenvalue weighted by Gasteiger charge is -2.10. The Morgan fingerprint density at radius 3 is 2.24 bits per heavy atom. The predicted octanol–water partition coefficient (Wildman–Crippen LogP) is 3.33. The zero-order valence-electron chi connectivity index (χ0n) is 11.3. The molecule has 2 rings (SSSR count). The Bertz CT molecular complexity index is 767. The average molecular weight is 322 g/mol. The Morgan fingerprint density at radius 2 is 1.62 bits per heavy atom. The van der Waals surface area contributed by atoms with E-state index in [1.165, 1.54) is 6.07 Å². The lowest BCUT2D eigenvalue weighted by molar-refractivity contribution is 0.0693. The molecule has 0 fully saturated rings. The molecule has 0 saturated heterocycles. The molecule has 0 aliphatic carbocycles. The van der Waals surface area contributed by atoms with Crippen LogP contribution in [0.15, 0.2) is 63.2 Å². The van der Waals surface area contributed by atoms with Gasteiger partial charge in [-0.1, -0.05) is 43.0 Å². The van der Waals surface area contributed by atoms with Gasteiger partial charge in [-0.2, -0.15) is 0 Å². The van der Waals surface area contributed by atoms with Gasteiger partial charge in [-0.15, -0.1) is 0 Å². The second-order valence-corrected chi connectivity index (χ2v) is 7.58. The SMILES string of the molecule is CCS(=O)(=O)c1ccccc1Sc1ccccc1C(=O)O. The van der Waals surface area contributed by atoms with Gasteiger partial charge in [0.25, 0.3) is 0 Å². The summed E-state index contributed by atoms with van der Waals surface area (Å²) in [6.45, 7) is 1.59. The molecule has 21 heavy (non-hydrogen) atoms.